The molecule has 1 atom stereocenters. The van der Waals surface area contributed by atoms with Gasteiger partial charge in [-0.15, -0.1) is 0 Å². The maximum atomic E-state index is 12.2. The summed E-state index contributed by atoms with van der Waals surface area (Å²) in [5.41, 5.74) is 1.23. The van der Waals surface area contributed by atoms with E-state index in [2.05, 4.69) is 25.7 Å². The van der Waals surface area contributed by atoms with Crippen LogP contribution in [0.3, 0.4) is 0 Å². The number of carbonyl (C=O) groups is 1. The molecular weight excluding hydrogens is 280 g/mol. The molecule has 0 saturated carbocycles. The standard InChI is InChI=1S/C15H20N6O/c1-11-17-7-4-12(19-11)9-18-15(22)14-5-8-21(20-14)13-3-2-6-16-10-13/h4-5,7-8,13,16H,2-3,6,9-10H2,1H3,(H,18,22). The molecule has 1 aliphatic rings. The molecule has 0 aliphatic carbocycles. The van der Waals surface area contributed by atoms with Crippen molar-refractivity contribution in [2.45, 2.75) is 32.4 Å². The predicted octanol–water partition coefficient (Wildman–Crippen LogP) is 0.836. The van der Waals surface area contributed by atoms with E-state index < -0.39 is 0 Å². The van der Waals surface area contributed by atoms with Crippen LogP contribution in [0.1, 0.15) is 40.9 Å². The molecule has 0 bridgehead atoms. The summed E-state index contributed by atoms with van der Waals surface area (Å²) >= 11 is 0. The van der Waals surface area contributed by atoms with Crippen molar-refractivity contribution in [3.8, 4) is 0 Å². The zero-order valence-electron chi connectivity index (χ0n) is 12.6. The van der Waals surface area contributed by atoms with E-state index >= 15 is 0 Å². The van der Waals surface area contributed by atoms with Gasteiger partial charge in [0.15, 0.2) is 0 Å². The Labute approximate surface area is 129 Å². The van der Waals surface area contributed by atoms with Gasteiger partial charge in [-0.05, 0) is 38.4 Å². The van der Waals surface area contributed by atoms with Crippen molar-refractivity contribution in [2.24, 2.45) is 0 Å². The summed E-state index contributed by atoms with van der Waals surface area (Å²) < 4.78 is 1.88. The third kappa shape index (κ3) is 3.48. The van der Waals surface area contributed by atoms with E-state index in [1.54, 1.807) is 18.3 Å². The second kappa shape index (κ2) is 6.65. The van der Waals surface area contributed by atoms with Crippen molar-refractivity contribution in [1.29, 1.82) is 0 Å². The van der Waals surface area contributed by atoms with E-state index in [-0.39, 0.29) is 5.91 Å². The van der Waals surface area contributed by atoms with Crippen molar-refractivity contribution in [1.82, 2.24) is 30.4 Å². The lowest BCUT2D eigenvalue weighted by atomic mass is 10.1. The maximum Gasteiger partial charge on any atom is 0.272 e. The van der Waals surface area contributed by atoms with Gasteiger partial charge in [0.05, 0.1) is 18.3 Å². The van der Waals surface area contributed by atoms with E-state index in [0.29, 0.717) is 24.1 Å². The summed E-state index contributed by atoms with van der Waals surface area (Å²) in [5.74, 6) is 0.514. The second-order valence-electron chi connectivity index (χ2n) is 5.46. The molecule has 116 valence electrons. The topological polar surface area (TPSA) is 84.7 Å². The van der Waals surface area contributed by atoms with Crippen LogP contribution in [0.5, 0.6) is 0 Å². The highest BCUT2D eigenvalue weighted by Crippen LogP contribution is 2.15. The predicted molar refractivity (Wildman–Crippen MR) is 81.3 cm³/mol. The first-order valence-electron chi connectivity index (χ1n) is 7.55. The lowest BCUT2D eigenvalue weighted by Gasteiger charge is -2.22. The molecule has 3 heterocycles. The average molecular weight is 300 g/mol. The molecule has 2 N–H and O–H groups in total. The smallest absolute Gasteiger partial charge is 0.272 e. The zero-order chi connectivity index (χ0) is 15.4. The van der Waals surface area contributed by atoms with Crippen LogP contribution in [0.4, 0.5) is 0 Å². The van der Waals surface area contributed by atoms with Crippen LogP contribution >= 0.6 is 0 Å². The minimum absolute atomic E-state index is 0.182. The number of carbonyl (C=O) groups excluding carboxylic acids is 1. The fourth-order valence-corrected chi connectivity index (χ4v) is 2.59. The molecule has 1 aliphatic heterocycles. The van der Waals surface area contributed by atoms with Crippen molar-refractivity contribution in [2.75, 3.05) is 13.1 Å². The Morgan fingerprint density at radius 2 is 2.41 bits per heavy atom. The highest BCUT2D eigenvalue weighted by molar-refractivity contribution is 5.92. The van der Waals surface area contributed by atoms with Crippen LogP contribution in [-0.4, -0.2) is 38.7 Å². The number of aromatic nitrogens is 4. The molecule has 1 amide bonds. The molecule has 2 aromatic heterocycles. The molecule has 1 unspecified atom stereocenters. The normalized spacial score (nSPS) is 18.1. The van der Waals surface area contributed by atoms with Crippen molar-refractivity contribution < 1.29 is 4.79 Å². The number of amides is 1. The molecule has 1 fully saturated rings. The summed E-state index contributed by atoms with van der Waals surface area (Å²) in [6.45, 7) is 4.16. The number of rotatable bonds is 4. The van der Waals surface area contributed by atoms with Crippen molar-refractivity contribution in [3.05, 3.63) is 41.7 Å². The van der Waals surface area contributed by atoms with Gasteiger partial charge in [0.1, 0.15) is 11.5 Å². The van der Waals surface area contributed by atoms with Crippen molar-refractivity contribution in [3.63, 3.8) is 0 Å². The molecule has 3 rings (SSSR count). The molecule has 2 aromatic rings. The summed E-state index contributed by atoms with van der Waals surface area (Å²) in [6.07, 6.45) is 5.80. The second-order valence-corrected chi connectivity index (χ2v) is 5.46. The molecule has 7 nitrogen and oxygen atoms in total. The molecule has 7 heteroatoms. The Bertz CT molecular complexity index is 647. The lowest BCUT2D eigenvalue weighted by molar-refractivity contribution is 0.0944. The lowest BCUT2D eigenvalue weighted by Crippen LogP contribution is -2.32. The maximum absolute atomic E-state index is 12.2. The van der Waals surface area contributed by atoms with Crippen molar-refractivity contribution >= 4 is 5.91 Å². The highest BCUT2D eigenvalue weighted by Gasteiger charge is 2.17. The highest BCUT2D eigenvalue weighted by atomic mass is 16.1. The Morgan fingerprint density at radius 3 is 3.18 bits per heavy atom. The Morgan fingerprint density at radius 1 is 1.50 bits per heavy atom. The summed E-state index contributed by atoms with van der Waals surface area (Å²) in [5, 5.41) is 10.6. The van der Waals surface area contributed by atoms with Gasteiger partial charge in [0.25, 0.3) is 5.91 Å². The van der Waals surface area contributed by atoms with Gasteiger partial charge in [0.2, 0.25) is 0 Å². The fraction of sp³-hybridized carbons (Fsp3) is 0.467. The van der Waals surface area contributed by atoms with Crippen LogP contribution in [0.25, 0.3) is 0 Å². The first-order valence-corrected chi connectivity index (χ1v) is 7.55. The van der Waals surface area contributed by atoms with E-state index in [0.717, 1.165) is 31.6 Å². The minimum atomic E-state index is -0.182. The fourth-order valence-electron chi connectivity index (χ4n) is 2.59. The first kappa shape index (κ1) is 14.6. The number of aryl methyl sites for hydroxylation is 1. The number of nitrogens with one attached hydrogen (secondary N) is 2. The molecular formula is C15H20N6O. The Balaban J connectivity index is 1.59. The number of nitrogens with zero attached hydrogens (tertiary/aromatic N) is 4. The van der Waals surface area contributed by atoms with Gasteiger partial charge in [-0.3, -0.25) is 9.48 Å². The van der Waals surface area contributed by atoms with Gasteiger partial charge >= 0.3 is 0 Å². The van der Waals surface area contributed by atoms with Crippen LogP contribution in [-0.2, 0) is 6.54 Å². The SMILES string of the molecule is Cc1nccc(CNC(=O)c2ccn(C3CCCNC3)n2)n1. The van der Waals surface area contributed by atoms with Crippen LogP contribution < -0.4 is 10.6 Å². The number of piperidine rings is 1. The minimum Gasteiger partial charge on any atom is -0.345 e. The van der Waals surface area contributed by atoms with Gasteiger partial charge in [0, 0.05) is 18.9 Å². The average Bonchev–Trinajstić information content (AvgIpc) is 3.04. The quantitative estimate of drug-likeness (QED) is 0.874. The third-order valence-corrected chi connectivity index (χ3v) is 3.75. The van der Waals surface area contributed by atoms with E-state index in [4.69, 9.17) is 0 Å². The van der Waals surface area contributed by atoms with Crippen LogP contribution in [0, 0.1) is 6.92 Å². The van der Waals surface area contributed by atoms with Gasteiger partial charge in [-0.1, -0.05) is 0 Å². The Kier molecular flexibility index (Phi) is 4.43. The summed E-state index contributed by atoms with van der Waals surface area (Å²) in [4.78, 5) is 20.4. The van der Waals surface area contributed by atoms with Crippen LogP contribution in [0.15, 0.2) is 24.5 Å². The van der Waals surface area contributed by atoms with E-state index in [1.807, 2.05) is 17.8 Å². The van der Waals surface area contributed by atoms with Gasteiger partial charge in [-0.2, -0.15) is 5.10 Å². The molecule has 22 heavy (non-hydrogen) atoms. The summed E-state index contributed by atoms with van der Waals surface area (Å²) in [6, 6.07) is 3.88. The van der Waals surface area contributed by atoms with E-state index in [1.165, 1.54) is 0 Å². The zero-order valence-corrected chi connectivity index (χ0v) is 12.6. The molecule has 0 aromatic carbocycles. The third-order valence-electron chi connectivity index (χ3n) is 3.75. The monoisotopic (exact) mass is 300 g/mol. The van der Waals surface area contributed by atoms with Gasteiger partial charge in [-0.25, -0.2) is 9.97 Å². The van der Waals surface area contributed by atoms with Crippen LogP contribution in [0.2, 0.25) is 0 Å². The first-order chi connectivity index (χ1) is 10.7. The van der Waals surface area contributed by atoms with Gasteiger partial charge < -0.3 is 10.6 Å². The Hall–Kier alpha value is -2.28. The number of hydrogen-bond acceptors (Lipinski definition) is 5. The largest absolute Gasteiger partial charge is 0.345 e. The molecule has 0 spiro atoms. The van der Waals surface area contributed by atoms with E-state index in [9.17, 15) is 4.79 Å². The molecule has 1 saturated heterocycles. The summed E-state index contributed by atoms with van der Waals surface area (Å²) in [7, 11) is 0. The number of hydrogen-bond donors (Lipinski definition) is 2. The molecule has 0 radical (unpaired) electrons.